The lowest BCUT2D eigenvalue weighted by Crippen LogP contribution is -2.15. The highest BCUT2D eigenvalue weighted by Crippen LogP contribution is 2.25. The zero-order chi connectivity index (χ0) is 16.4. The highest BCUT2D eigenvalue weighted by Gasteiger charge is 2.18. The minimum absolute atomic E-state index is 0.373. The third-order valence-electron chi connectivity index (χ3n) is 3.23. The van der Waals surface area contributed by atoms with Gasteiger partial charge in [-0.2, -0.15) is 9.61 Å². The van der Waals surface area contributed by atoms with Crippen LogP contribution >= 0.6 is 11.8 Å². The van der Waals surface area contributed by atoms with Crippen molar-refractivity contribution in [2.75, 3.05) is 0 Å². The molecule has 1 aromatic carbocycles. The normalized spacial score (nSPS) is 12.4. The quantitative estimate of drug-likeness (QED) is 0.724. The second-order valence-corrected chi connectivity index (χ2v) is 6.05. The summed E-state index contributed by atoms with van der Waals surface area (Å²) in [7, 11) is 0. The first-order valence-corrected chi connectivity index (χ1v) is 7.84. The zero-order valence-electron chi connectivity index (χ0n) is 12.2. The summed E-state index contributed by atoms with van der Waals surface area (Å²) in [6.07, 6.45) is 0.485. The van der Waals surface area contributed by atoms with Crippen molar-refractivity contribution < 1.29 is 14.3 Å². The van der Waals surface area contributed by atoms with Crippen molar-refractivity contribution in [3.8, 4) is 11.4 Å². The monoisotopic (exact) mass is 332 g/mol. The predicted molar refractivity (Wildman–Crippen MR) is 83.7 cm³/mol. The zero-order valence-corrected chi connectivity index (χ0v) is 13.0. The van der Waals surface area contributed by atoms with Crippen LogP contribution in [0, 0.1) is 5.82 Å². The Morgan fingerprint density at radius 2 is 2.17 bits per heavy atom. The Morgan fingerprint density at radius 1 is 1.35 bits per heavy atom. The molecule has 1 atom stereocenters. The fourth-order valence-corrected chi connectivity index (χ4v) is 2.93. The van der Waals surface area contributed by atoms with Crippen LogP contribution in [0.5, 0.6) is 0 Å². The molecule has 118 valence electrons. The number of carbonyl (C=O) groups is 1. The van der Waals surface area contributed by atoms with Gasteiger partial charge in [-0.05, 0) is 30.7 Å². The molecule has 0 fully saturated rings. The van der Waals surface area contributed by atoms with Crippen LogP contribution in [-0.4, -0.2) is 36.1 Å². The van der Waals surface area contributed by atoms with E-state index in [0.29, 0.717) is 28.5 Å². The SMILES string of the molecule is CCC(Sc1ccc2nnc(-c3cccc(F)c3)n2n1)C(=O)O. The fourth-order valence-electron chi connectivity index (χ4n) is 2.10. The van der Waals surface area contributed by atoms with Gasteiger partial charge in [-0.3, -0.25) is 4.79 Å². The lowest BCUT2D eigenvalue weighted by molar-refractivity contribution is -0.136. The molecular weight excluding hydrogens is 319 g/mol. The van der Waals surface area contributed by atoms with Crippen LogP contribution < -0.4 is 0 Å². The van der Waals surface area contributed by atoms with Gasteiger partial charge in [0.15, 0.2) is 11.5 Å². The molecule has 1 unspecified atom stereocenters. The van der Waals surface area contributed by atoms with Crippen molar-refractivity contribution in [3.05, 3.63) is 42.2 Å². The van der Waals surface area contributed by atoms with Crippen LogP contribution in [0.15, 0.2) is 41.4 Å². The number of rotatable bonds is 5. The lowest BCUT2D eigenvalue weighted by atomic mass is 10.2. The van der Waals surface area contributed by atoms with Gasteiger partial charge in [0.1, 0.15) is 16.1 Å². The largest absolute Gasteiger partial charge is 0.480 e. The molecule has 0 saturated carbocycles. The number of halogens is 1. The fraction of sp³-hybridized carbons (Fsp3) is 0.200. The highest BCUT2D eigenvalue weighted by molar-refractivity contribution is 8.00. The average molecular weight is 332 g/mol. The number of aliphatic carboxylic acids is 1. The molecule has 0 radical (unpaired) electrons. The number of carboxylic acids is 1. The van der Waals surface area contributed by atoms with Gasteiger partial charge >= 0.3 is 5.97 Å². The van der Waals surface area contributed by atoms with Crippen molar-refractivity contribution in [2.24, 2.45) is 0 Å². The number of benzene rings is 1. The Bertz CT molecular complexity index is 868. The first-order chi connectivity index (χ1) is 11.1. The second-order valence-electron chi connectivity index (χ2n) is 4.83. The molecule has 23 heavy (non-hydrogen) atoms. The minimum atomic E-state index is -0.881. The molecule has 0 aliphatic rings. The highest BCUT2D eigenvalue weighted by atomic mass is 32.2. The maximum atomic E-state index is 13.4. The molecule has 0 spiro atoms. The second kappa shape index (κ2) is 6.33. The van der Waals surface area contributed by atoms with Crippen LogP contribution in [-0.2, 0) is 4.79 Å². The van der Waals surface area contributed by atoms with Gasteiger partial charge in [0.05, 0.1) is 0 Å². The van der Waals surface area contributed by atoms with E-state index in [1.54, 1.807) is 31.2 Å². The Morgan fingerprint density at radius 3 is 2.87 bits per heavy atom. The van der Waals surface area contributed by atoms with E-state index in [0.717, 1.165) is 11.8 Å². The van der Waals surface area contributed by atoms with E-state index in [2.05, 4.69) is 15.3 Å². The standard InChI is InChI=1S/C15H13FN4O2S/c1-2-11(15(21)22)23-13-7-6-12-17-18-14(20(12)19-13)9-4-3-5-10(16)8-9/h3-8,11H,2H2,1H3,(H,21,22). The molecule has 8 heteroatoms. The number of hydrogen-bond donors (Lipinski definition) is 1. The van der Waals surface area contributed by atoms with Crippen LogP contribution in [0.2, 0.25) is 0 Å². The molecule has 0 amide bonds. The van der Waals surface area contributed by atoms with Gasteiger partial charge in [-0.25, -0.2) is 4.39 Å². The summed E-state index contributed by atoms with van der Waals surface area (Å²) in [5, 5.41) is 21.5. The van der Waals surface area contributed by atoms with Gasteiger partial charge in [-0.1, -0.05) is 30.8 Å². The minimum Gasteiger partial charge on any atom is -0.480 e. The Hall–Kier alpha value is -2.48. The Kier molecular flexibility index (Phi) is 4.24. The molecule has 3 aromatic rings. The third-order valence-corrected chi connectivity index (χ3v) is 4.51. The molecule has 6 nitrogen and oxygen atoms in total. The van der Waals surface area contributed by atoms with Crippen LogP contribution in [0.25, 0.3) is 17.0 Å². The van der Waals surface area contributed by atoms with Crippen molar-refractivity contribution in [3.63, 3.8) is 0 Å². The van der Waals surface area contributed by atoms with E-state index in [9.17, 15) is 9.18 Å². The maximum absolute atomic E-state index is 13.4. The van der Waals surface area contributed by atoms with Crippen molar-refractivity contribution >= 4 is 23.4 Å². The number of thioether (sulfide) groups is 1. The summed E-state index contributed by atoms with van der Waals surface area (Å²) in [6.45, 7) is 1.81. The van der Waals surface area contributed by atoms with E-state index in [-0.39, 0.29) is 5.82 Å². The molecule has 0 saturated heterocycles. The molecule has 0 aliphatic heterocycles. The maximum Gasteiger partial charge on any atom is 0.317 e. The third kappa shape index (κ3) is 3.16. The summed E-state index contributed by atoms with van der Waals surface area (Å²) < 4.78 is 14.9. The van der Waals surface area contributed by atoms with E-state index < -0.39 is 11.2 Å². The first kappa shape index (κ1) is 15.4. The predicted octanol–water partition coefficient (Wildman–Crippen LogP) is 2.89. The van der Waals surface area contributed by atoms with Crippen LogP contribution in [0.4, 0.5) is 4.39 Å². The van der Waals surface area contributed by atoms with Crippen molar-refractivity contribution in [1.82, 2.24) is 19.8 Å². The molecule has 0 bridgehead atoms. The molecule has 0 aliphatic carbocycles. The van der Waals surface area contributed by atoms with Gasteiger partial charge < -0.3 is 5.11 Å². The average Bonchev–Trinajstić information content (AvgIpc) is 2.95. The van der Waals surface area contributed by atoms with Crippen LogP contribution in [0.3, 0.4) is 0 Å². The lowest BCUT2D eigenvalue weighted by Gasteiger charge is -2.08. The van der Waals surface area contributed by atoms with E-state index >= 15 is 0 Å². The summed E-state index contributed by atoms with van der Waals surface area (Å²) in [4.78, 5) is 11.2. The van der Waals surface area contributed by atoms with Crippen molar-refractivity contribution in [1.29, 1.82) is 0 Å². The number of fused-ring (bicyclic) bond motifs is 1. The summed E-state index contributed by atoms with van der Waals surface area (Å²) in [5.74, 6) is -0.847. The van der Waals surface area contributed by atoms with Crippen LogP contribution in [0.1, 0.15) is 13.3 Å². The van der Waals surface area contributed by atoms with Gasteiger partial charge in [0.25, 0.3) is 0 Å². The van der Waals surface area contributed by atoms with Gasteiger partial charge in [-0.15, -0.1) is 10.2 Å². The Balaban J connectivity index is 2.02. The van der Waals surface area contributed by atoms with Gasteiger partial charge in [0, 0.05) is 5.56 Å². The molecule has 2 heterocycles. The smallest absolute Gasteiger partial charge is 0.317 e. The number of aromatic nitrogens is 4. The molecular formula is C15H13FN4O2S. The van der Waals surface area contributed by atoms with E-state index in [4.69, 9.17) is 5.11 Å². The van der Waals surface area contributed by atoms with Crippen molar-refractivity contribution in [2.45, 2.75) is 23.6 Å². The van der Waals surface area contributed by atoms with Gasteiger partial charge in [0.2, 0.25) is 0 Å². The summed E-state index contributed by atoms with van der Waals surface area (Å²) in [6, 6.07) is 9.41. The molecule has 3 rings (SSSR count). The first-order valence-electron chi connectivity index (χ1n) is 6.96. The molecule has 2 aromatic heterocycles. The van der Waals surface area contributed by atoms with E-state index in [1.807, 2.05) is 0 Å². The topological polar surface area (TPSA) is 80.4 Å². The summed E-state index contributed by atoms with van der Waals surface area (Å²) >= 11 is 1.16. The number of hydrogen-bond acceptors (Lipinski definition) is 5. The summed E-state index contributed by atoms with van der Waals surface area (Å²) in [5.41, 5.74) is 1.06. The number of nitrogens with zero attached hydrogens (tertiary/aromatic N) is 4. The molecule has 1 N–H and O–H groups in total. The van der Waals surface area contributed by atoms with E-state index in [1.165, 1.54) is 16.6 Å². The number of carboxylic acid groups (broad SMARTS) is 1. The Labute approximate surface area is 135 Å².